The topological polar surface area (TPSA) is 38.0 Å². The molecular formula is C11H9F7N2S. The number of anilines is 1. The molecule has 0 bridgehead atoms. The van der Waals surface area contributed by atoms with Crippen molar-refractivity contribution < 1.29 is 30.7 Å². The lowest BCUT2D eigenvalue weighted by molar-refractivity contribution is -0.348. The van der Waals surface area contributed by atoms with Gasteiger partial charge >= 0.3 is 18.0 Å². The van der Waals surface area contributed by atoms with E-state index in [4.69, 9.17) is 5.73 Å². The van der Waals surface area contributed by atoms with E-state index in [0.717, 1.165) is 6.07 Å². The molecular weight excluding hydrogens is 325 g/mol. The molecule has 0 saturated heterocycles. The van der Waals surface area contributed by atoms with Crippen LogP contribution in [-0.2, 0) is 5.67 Å². The Bertz CT molecular complexity index is 536. The van der Waals surface area contributed by atoms with E-state index in [-0.39, 0.29) is 16.4 Å². The van der Waals surface area contributed by atoms with Gasteiger partial charge in [-0.1, -0.05) is 12.1 Å². The Kier molecular flexibility index (Phi) is 4.42. The summed E-state index contributed by atoms with van der Waals surface area (Å²) in [6.07, 6.45) is -12.3. The third-order valence-electron chi connectivity index (χ3n) is 2.66. The van der Waals surface area contributed by atoms with Crippen molar-refractivity contribution in [2.45, 2.75) is 24.9 Å². The van der Waals surface area contributed by atoms with Crippen LogP contribution >= 0.6 is 12.2 Å². The number of benzene rings is 1. The van der Waals surface area contributed by atoms with E-state index >= 15 is 0 Å². The standard InChI is InChI=1S/C11H9F7N2S/c1-5-4-6(2-3-7(5)20-8(19)21)9(12,10(13,14)15)11(16,17)18/h2-4H,1H3,(H3,19,20,21). The molecule has 0 aliphatic carbocycles. The molecule has 0 spiro atoms. The fourth-order valence-electron chi connectivity index (χ4n) is 1.64. The minimum atomic E-state index is -6.14. The molecule has 1 aromatic rings. The zero-order valence-corrected chi connectivity index (χ0v) is 11.2. The van der Waals surface area contributed by atoms with E-state index < -0.39 is 23.6 Å². The van der Waals surface area contributed by atoms with E-state index in [1.165, 1.54) is 6.92 Å². The highest BCUT2D eigenvalue weighted by Crippen LogP contribution is 2.53. The van der Waals surface area contributed by atoms with Crippen molar-refractivity contribution in [1.29, 1.82) is 0 Å². The van der Waals surface area contributed by atoms with E-state index in [1.807, 2.05) is 0 Å². The maximum absolute atomic E-state index is 13.8. The number of hydrogen-bond donors (Lipinski definition) is 2. The lowest BCUT2D eigenvalue weighted by atomic mass is 9.92. The summed E-state index contributed by atoms with van der Waals surface area (Å²) in [5.41, 5.74) is -1.86. The number of alkyl halides is 7. The largest absolute Gasteiger partial charge is 0.435 e. The normalized spacial score (nSPS) is 13.1. The fraction of sp³-hybridized carbons (Fsp3) is 0.364. The molecule has 0 unspecified atom stereocenters. The van der Waals surface area contributed by atoms with Crippen LogP contribution in [0.4, 0.5) is 36.4 Å². The van der Waals surface area contributed by atoms with Gasteiger partial charge in [-0.05, 0) is 30.8 Å². The maximum atomic E-state index is 13.8. The van der Waals surface area contributed by atoms with Crippen molar-refractivity contribution in [2.75, 3.05) is 5.32 Å². The van der Waals surface area contributed by atoms with Gasteiger partial charge in [-0.25, -0.2) is 4.39 Å². The first-order chi connectivity index (χ1) is 9.30. The number of aryl methyl sites for hydroxylation is 1. The van der Waals surface area contributed by atoms with Crippen LogP contribution in [0.3, 0.4) is 0 Å². The van der Waals surface area contributed by atoms with Gasteiger partial charge in [0.05, 0.1) is 0 Å². The Balaban J connectivity index is 3.42. The lowest BCUT2D eigenvalue weighted by Crippen LogP contribution is -2.50. The highest BCUT2D eigenvalue weighted by Gasteiger charge is 2.73. The monoisotopic (exact) mass is 334 g/mol. The number of nitrogens with one attached hydrogen (secondary N) is 1. The highest BCUT2D eigenvalue weighted by atomic mass is 32.1. The second-order valence-corrected chi connectivity index (χ2v) is 4.61. The van der Waals surface area contributed by atoms with Crippen molar-refractivity contribution in [3.8, 4) is 0 Å². The zero-order chi connectivity index (χ0) is 16.6. The molecule has 3 N–H and O–H groups in total. The first-order valence-electron chi connectivity index (χ1n) is 5.30. The summed E-state index contributed by atoms with van der Waals surface area (Å²) >= 11 is 4.49. The van der Waals surface area contributed by atoms with Gasteiger partial charge in [0.2, 0.25) is 0 Å². The van der Waals surface area contributed by atoms with Gasteiger partial charge in [-0.2, -0.15) is 26.3 Å². The van der Waals surface area contributed by atoms with Gasteiger partial charge in [0.25, 0.3) is 0 Å². The second-order valence-electron chi connectivity index (χ2n) is 4.17. The Morgan fingerprint density at radius 2 is 1.52 bits per heavy atom. The number of hydrogen-bond acceptors (Lipinski definition) is 1. The minimum absolute atomic E-state index is 0.0733. The molecule has 0 aliphatic rings. The Labute approximate surface area is 120 Å². The van der Waals surface area contributed by atoms with Gasteiger partial charge in [0.1, 0.15) is 0 Å². The van der Waals surface area contributed by atoms with Crippen molar-refractivity contribution in [3.63, 3.8) is 0 Å². The van der Waals surface area contributed by atoms with Crippen LogP contribution in [0.25, 0.3) is 0 Å². The minimum Gasteiger partial charge on any atom is -0.376 e. The molecule has 1 aromatic carbocycles. The highest BCUT2D eigenvalue weighted by molar-refractivity contribution is 7.80. The molecule has 0 heterocycles. The van der Waals surface area contributed by atoms with Crippen LogP contribution in [0, 0.1) is 6.92 Å². The molecule has 0 aliphatic heterocycles. The summed E-state index contributed by atoms with van der Waals surface area (Å²) in [7, 11) is 0. The number of thiocarbonyl (C=S) groups is 1. The Morgan fingerprint density at radius 1 is 1.05 bits per heavy atom. The van der Waals surface area contributed by atoms with Crippen LogP contribution in [-0.4, -0.2) is 17.5 Å². The summed E-state index contributed by atoms with van der Waals surface area (Å²) < 4.78 is 89.3. The summed E-state index contributed by atoms with van der Waals surface area (Å²) in [6.45, 7) is 1.19. The molecule has 0 radical (unpaired) electrons. The van der Waals surface area contributed by atoms with Crippen molar-refractivity contribution >= 4 is 23.0 Å². The average molecular weight is 334 g/mol. The van der Waals surface area contributed by atoms with Gasteiger partial charge in [0, 0.05) is 11.3 Å². The third-order valence-corrected chi connectivity index (χ3v) is 2.77. The quantitative estimate of drug-likeness (QED) is 0.635. The van der Waals surface area contributed by atoms with E-state index in [0.29, 0.717) is 12.1 Å². The van der Waals surface area contributed by atoms with Crippen molar-refractivity contribution in [1.82, 2.24) is 0 Å². The first kappa shape index (κ1) is 17.5. The molecule has 118 valence electrons. The van der Waals surface area contributed by atoms with Gasteiger partial charge in [-0.3, -0.25) is 0 Å². The summed E-state index contributed by atoms with van der Waals surface area (Å²) in [6, 6.07) is 1.67. The Morgan fingerprint density at radius 3 is 1.86 bits per heavy atom. The van der Waals surface area contributed by atoms with E-state index in [2.05, 4.69) is 17.5 Å². The third kappa shape index (κ3) is 3.20. The van der Waals surface area contributed by atoms with Gasteiger partial charge in [-0.15, -0.1) is 0 Å². The van der Waals surface area contributed by atoms with E-state index in [9.17, 15) is 30.7 Å². The number of halogens is 7. The zero-order valence-electron chi connectivity index (χ0n) is 10.4. The number of rotatable bonds is 2. The maximum Gasteiger partial charge on any atom is 0.435 e. The van der Waals surface area contributed by atoms with Crippen molar-refractivity contribution in [3.05, 3.63) is 29.3 Å². The predicted molar refractivity (Wildman–Crippen MR) is 66.5 cm³/mol. The Hall–Kier alpha value is -1.58. The summed E-state index contributed by atoms with van der Waals surface area (Å²) in [5, 5.41) is 2.12. The van der Waals surface area contributed by atoms with Crippen LogP contribution in [0.5, 0.6) is 0 Å². The smallest absolute Gasteiger partial charge is 0.376 e. The number of nitrogens with two attached hydrogens (primary N) is 1. The van der Waals surface area contributed by atoms with Crippen LogP contribution in [0.1, 0.15) is 11.1 Å². The molecule has 0 saturated carbocycles. The molecule has 0 fully saturated rings. The summed E-state index contributed by atoms with van der Waals surface area (Å²) in [4.78, 5) is 0. The molecule has 0 atom stereocenters. The molecule has 2 nitrogen and oxygen atoms in total. The lowest BCUT2D eigenvalue weighted by Gasteiger charge is -2.30. The molecule has 21 heavy (non-hydrogen) atoms. The second kappa shape index (κ2) is 5.32. The van der Waals surface area contributed by atoms with Crippen molar-refractivity contribution in [2.24, 2.45) is 5.73 Å². The SMILES string of the molecule is Cc1cc(C(F)(C(F)(F)F)C(F)(F)F)ccc1NC(N)=S. The van der Waals surface area contributed by atoms with Gasteiger partial charge < -0.3 is 11.1 Å². The van der Waals surface area contributed by atoms with E-state index in [1.54, 1.807) is 0 Å². The van der Waals surface area contributed by atoms with Crippen LogP contribution < -0.4 is 11.1 Å². The van der Waals surface area contributed by atoms with Gasteiger partial charge in [0.15, 0.2) is 5.11 Å². The van der Waals surface area contributed by atoms with Crippen LogP contribution in [0.2, 0.25) is 0 Å². The van der Waals surface area contributed by atoms with Crippen LogP contribution in [0.15, 0.2) is 18.2 Å². The first-order valence-corrected chi connectivity index (χ1v) is 5.71. The summed E-state index contributed by atoms with van der Waals surface area (Å²) in [5.74, 6) is 0. The molecule has 0 aromatic heterocycles. The molecule has 0 amide bonds. The molecule has 10 heteroatoms. The fourth-order valence-corrected chi connectivity index (χ4v) is 1.75. The average Bonchev–Trinajstić information content (AvgIpc) is 2.27. The molecule has 1 rings (SSSR count). The predicted octanol–water partition coefficient (Wildman–Crippen LogP) is 3.94.